The molecular weight excluding hydrogens is 406 g/mol. The number of aryl methyl sites for hydroxylation is 1. The molecule has 7 nitrogen and oxygen atoms in total. The molecule has 170 valence electrons. The van der Waals surface area contributed by atoms with E-state index in [-0.39, 0.29) is 24.2 Å². The molecule has 0 spiro atoms. The molecule has 0 unspecified atom stereocenters. The van der Waals surface area contributed by atoms with Crippen LogP contribution in [0.25, 0.3) is 0 Å². The smallest absolute Gasteiger partial charge is 0.257 e. The summed E-state index contributed by atoms with van der Waals surface area (Å²) in [5.41, 5.74) is 3.27. The molecule has 2 fully saturated rings. The van der Waals surface area contributed by atoms with E-state index in [0.717, 1.165) is 63.2 Å². The third-order valence-corrected chi connectivity index (χ3v) is 6.56. The summed E-state index contributed by atoms with van der Waals surface area (Å²) in [5.74, 6) is 1.52. The average Bonchev–Trinajstić information content (AvgIpc) is 3.32. The van der Waals surface area contributed by atoms with Crippen molar-refractivity contribution in [1.82, 2.24) is 15.2 Å². The number of aromatic nitrogens is 1. The first-order valence-corrected chi connectivity index (χ1v) is 11.6. The second-order valence-electron chi connectivity index (χ2n) is 8.98. The molecule has 1 N–H and O–H groups in total. The lowest BCUT2D eigenvalue weighted by molar-refractivity contribution is -0.129. The number of hydrogen-bond acceptors (Lipinski definition) is 6. The molecule has 1 aromatic carbocycles. The number of piperidine rings is 1. The molecule has 0 aliphatic carbocycles. The lowest BCUT2D eigenvalue weighted by Crippen LogP contribution is -2.43. The van der Waals surface area contributed by atoms with Crippen molar-refractivity contribution < 1.29 is 19.0 Å². The molecule has 2 saturated heterocycles. The number of nitrogens with zero attached hydrogens (tertiary/aromatic N) is 2. The van der Waals surface area contributed by atoms with E-state index in [9.17, 15) is 4.79 Å². The maximum absolute atomic E-state index is 12.5. The van der Waals surface area contributed by atoms with E-state index in [4.69, 9.17) is 14.2 Å². The van der Waals surface area contributed by atoms with Crippen LogP contribution < -0.4 is 14.8 Å². The van der Waals surface area contributed by atoms with Crippen molar-refractivity contribution in [2.45, 2.75) is 51.5 Å². The third kappa shape index (κ3) is 4.89. The lowest BCUT2D eigenvalue weighted by Gasteiger charge is -2.32. The number of nitrogens with one attached hydrogen (secondary N) is 1. The zero-order chi connectivity index (χ0) is 21.9. The Balaban J connectivity index is 1.11. The van der Waals surface area contributed by atoms with Gasteiger partial charge in [0.05, 0.1) is 0 Å². The topological polar surface area (TPSA) is 72.9 Å². The minimum Gasteiger partial charge on any atom is -0.484 e. The highest BCUT2D eigenvalue weighted by Gasteiger charge is 2.28. The van der Waals surface area contributed by atoms with Crippen LogP contribution in [-0.2, 0) is 16.1 Å². The second-order valence-corrected chi connectivity index (χ2v) is 8.98. The summed E-state index contributed by atoms with van der Waals surface area (Å²) in [6, 6.07) is 12.4. The van der Waals surface area contributed by atoms with Crippen molar-refractivity contribution >= 4 is 5.91 Å². The molecule has 0 radical (unpaired) electrons. The van der Waals surface area contributed by atoms with Gasteiger partial charge in [-0.05, 0) is 69.0 Å². The summed E-state index contributed by atoms with van der Waals surface area (Å²) < 4.78 is 17.4. The van der Waals surface area contributed by atoms with Crippen molar-refractivity contribution in [1.29, 1.82) is 0 Å². The van der Waals surface area contributed by atoms with Crippen LogP contribution in [-0.4, -0.2) is 48.3 Å². The largest absolute Gasteiger partial charge is 0.484 e. The number of rotatable bonds is 5. The number of amides is 1. The van der Waals surface area contributed by atoms with Crippen molar-refractivity contribution in [3.8, 4) is 11.6 Å². The van der Waals surface area contributed by atoms with Gasteiger partial charge in [0.1, 0.15) is 12.8 Å². The summed E-state index contributed by atoms with van der Waals surface area (Å²) >= 11 is 0. The Hall–Kier alpha value is -2.64. The molecular formula is C25H31N3O4. The Labute approximate surface area is 189 Å². The van der Waals surface area contributed by atoms with Crippen LogP contribution in [0.1, 0.15) is 48.6 Å². The zero-order valence-electron chi connectivity index (χ0n) is 18.6. The monoisotopic (exact) mass is 437 g/mol. The quantitative estimate of drug-likeness (QED) is 0.773. The molecule has 3 aliphatic heterocycles. The van der Waals surface area contributed by atoms with E-state index < -0.39 is 0 Å². The van der Waals surface area contributed by atoms with E-state index in [1.165, 1.54) is 5.56 Å². The molecule has 0 bridgehead atoms. The first kappa shape index (κ1) is 21.2. The van der Waals surface area contributed by atoms with Gasteiger partial charge in [-0.3, -0.25) is 9.69 Å². The minimum atomic E-state index is -0.149. The van der Waals surface area contributed by atoms with E-state index in [0.29, 0.717) is 18.2 Å². The Kier molecular flexibility index (Phi) is 6.28. The van der Waals surface area contributed by atoms with Gasteiger partial charge in [0.2, 0.25) is 5.91 Å². The van der Waals surface area contributed by atoms with Gasteiger partial charge in [-0.25, -0.2) is 4.98 Å². The molecule has 5 rings (SSSR count). The summed E-state index contributed by atoms with van der Waals surface area (Å²) in [4.78, 5) is 19.3. The highest BCUT2D eigenvalue weighted by Crippen LogP contribution is 2.34. The Bertz CT molecular complexity index is 935. The predicted octanol–water partition coefficient (Wildman–Crippen LogP) is 3.37. The van der Waals surface area contributed by atoms with Crippen LogP contribution in [0.3, 0.4) is 0 Å². The lowest BCUT2D eigenvalue weighted by atomic mass is 9.95. The summed E-state index contributed by atoms with van der Waals surface area (Å²) in [7, 11) is 0. The maximum Gasteiger partial charge on any atom is 0.257 e. The number of pyridine rings is 1. The molecule has 32 heavy (non-hydrogen) atoms. The van der Waals surface area contributed by atoms with Crippen LogP contribution >= 0.6 is 0 Å². The van der Waals surface area contributed by atoms with Crippen LogP contribution in [0.5, 0.6) is 11.6 Å². The first-order valence-electron chi connectivity index (χ1n) is 11.6. The van der Waals surface area contributed by atoms with Gasteiger partial charge in [0.25, 0.3) is 5.88 Å². The Morgan fingerprint density at radius 1 is 1.12 bits per heavy atom. The Morgan fingerprint density at radius 2 is 1.94 bits per heavy atom. The number of carbonyl (C=O) groups is 1. The number of carbonyl (C=O) groups excluding carboxylic acids is 1. The summed E-state index contributed by atoms with van der Waals surface area (Å²) in [6.45, 7) is 5.96. The van der Waals surface area contributed by atoms with Crippen molar-refractivity contribution in [2.75, 3.05) is 26.3 Å². The molecule has 0 saturated carbocycles. The van der Waals surface area contributed by atoms with Crippen LogP contribution in [0.4, 0.5) is 0 Å². The minimum absolute atomic E-state index is 0.0779. The van der Waals surface area contributed by atoms with Crippen molar-refractivity contribution in [3.05, 3.63) is 53.2 Å². The van der Waals surface area contributed by atoms with Crippen LogP contribution in [0.2, 0.25) is 0 Å². The number of ether oxygens (including phenoxy) is 3. The fourth-order valence-electron chi connectivity index (χ4n) is 4.63. The van der Waals surface area contributed by atoms with Crippen LogP contribution in [0, 0.1) is 12.8 Å². The third-order valence-electron chi connectivity index (χ3n) is 6.56. The van der Waals surface area contributed by atoms with Crippen molar-refractivity contribution in [3.63, 3.8) is 0 Å². The van der Waals surface area contributed by atoms with Gasteiger partial charge < -0.3 is 19.5 Å². The normalized spacial score (nSPS) is 23.8. The zero-order valence-corrected chi connectivity index (χ0v) is 18.6. The van der Waals surface area contributed by atoms with Gasteiger partial charge in [0, 0.05) is 24.8 Å². The maximum atomic E-state index is 12.5. The molecule has 7 heteroatoms. The summed E-state index contributed by atoms with van der Waals surface area (Å²) in [5, 5.41) is 3.05. The first-order chi connectivity index (χ1) is 15.6. The molecule has 1 amide bonds. The SMILES string of the molecule is Cc1ccc2c(n1)O[C@@H](c1ccc(CN3CCC(C(=O)N[C@@H]4CCCO4)CC3)cc1)CO2. The van der Waals surface area contributed by atoms with Gasteiger partial charge in [-0.2, -0.15) is 0 Å². The highest BCUT2D eigenvalue weighted by molar-refractivity contribution is 5.78. The van der Waals surface area contributed by atoms with Crippen molar-refractivity contribution in [2.24, 2.45) is 5.92 Å². The molecule has 1 aromatic heterocycles. The van der Waals surface area contributed by atoms with E-state index in [2.05, 4.69) is 39.5 Å². The van der Waals surface area contributed by atoms with Gasteiger partial charge >= 0.3 is 0 Å². The molecule has 2 aromatic rings. The van der Waals surface area contributed by atoms with Crippen LogP contribution in [0.15, 0.2) is 36.4 Å². The van der Waals surface area contributed by atoms with E-state index in [1.54, 1.807) is 0 Å². The fraction of sp³-hybridized carbons (Fsp3) is 0.520. The molecule has 2 atom stereocenters. The number of benzene rings is 1. The number of fused-ring (bicyclic) bond motifs is 1. The molecule has 4 heterocycles. The second kappa shape index (κ2) is 9.46. The Morgan fingerprint density at radius 3 is 2.69 bits per heavy atom. The van der Waals surface area contributed by atoms with Gasteiger partial charge in [0.15, 0.2) is 11.9 Å². The van der Waals surface area contributed by atoms with E-state index in [1.807, 2.05) is 19.1 Å². The average molecular weight is 438 g/mol. The van der Waals surface area contributed by atoms with Gasteiger partial charge in [-0.1, -0.05) is 24.3 Å². The summed E-state index contributed by atoms with van der Waals surface area (Å²) in [6.07, 6.45) is 3.54. The number of hydrogen-bond donors (Lipinski definition) is 1. The predicted molar refractivity (Wildman–Crippen MR) is 119 cm³/mol. The number of likely N-dealkylation sites (tertiary alicyclic amines) is 1. The fourth-order valence-corrected chi connectivity index (χ4v) is 4.63. The standard InChI is InChI=1S/C25H31N3O4/c1-17-4-9-21-25(26-17)32-22(16-31-21)19-7-5-18(6-8-19)15-28-12-10-20(11-13-28)24(29)27-23-3-2-14-30-23/h4-9,20,22-23H,2-3,10-16H2,1H3,(H,27,29)/t22-,23+/m1/s1. The molecule has 3 aliphatic rings. The van der Waals surface area contributed by atoms with E-state index >= 15 is 0 Å². The highest BCUT2D eigenvalue weighted by atomic mass is 16.6. The van der Waals surface area contributed by atoms with Gasteiger partial charge in [-0.15, -0.1) is 0 Å².